The van der Waals surface area contributed by atoms with Gasteiger partial charge in [0.15, 0.2) is 0 Å². The summed E-state index contributed by atoms with van der Waals surface area (Å²) in [6.07, 6.45) is 1.17. The zero-order chi connectivity index (χ0) is 29.5. The maximum Gasteiger partial charge on any atom is 0.416 e. The Morgan fingerprint density at radius 3 is 2.48 bits per heavy atom. The van der Waals surface area contributed by atoms with Crippen LogP contribution >= 0.6 is 0 Å². The van der Waals surface area contributed by atoms with Crippen LogP contribution in [0.5, 0.6) is 0 Å². The number of nitrogens with zero attached hydrogens (tertiary/aromatic N) is 4. The first-order valence-electron chi connectivity index (χ1n) is 14.5. The lowest BCUT2D eigenvalue weighted by Gasteiger charge is -2.47. The van der Waals surface area contributed by atoms with Gasteiger partial charge < -0.3 is 10.2 Å². The summed E-state index contributed by atoms with van der Waals surface area (Å²) in [6.45, 7) is 5.74. The molecule has 3 aromatic rings. The summed E-state index contributed by atoms with van der Waals surface area (Å²) in [7, 11) is 0. The Bertz CT molecular complexity index is 1310. The highest BCUT2D eigenvalue weighted by Gasteiger charge is 2.35. The van der Waals surface area contributed by atoms with Gasteiger partial charge in [-0.3, -0.25) is 19.6 Å². The average Bonchev–Trinajstić information content (AvgIpc) is 3.00. The Labute approximate surface area is 244 Å². The first-order valence-corrected chi connectivity index (χ1v) is 14.5. The molecule has 0 aliphatic carbocycles. The highest BCUT2D eigenvalue weighted by atomic mass is 19.4. The van der Waals surface area contributed by atoms with Crippen LogP contribution in [0.15, 0.2) is 73.1 Å². The average molecular weight is 584 g/mol. The summed E-state index contributed by atoms with van der Waals surface area (Å²) in [4.78, 5) is 24.1. The fourth-order valence-corrected chi connectivity index (χ4v) is 6.22. The lowest BCUT2D eigenvalue weighted by atomic mass is 9.86. The number of carbonyl (C=O) groups is 1. The van der Waals surface area contributed by atoms with E-state index in [1.54, 1.807) is 18.3 Å². The summed E-state index contributed by atoms with van der Waals surface area (Å²) in [5.74, 6) is -0.127. The van der Waals surface area contributed by atoms with Crippen molar-refractivity contribution in [3.8, 4) is 0 Å². The number of rotatable bonds is 9. The molecule has 1 N–H and O–H groups in total. The van der Waals surface area contributed by atoms with Crippen LogP contribution in [0, 0.1) is 11.7 Å². The van der Waals surface area contributed by atoms with Crippen molar-refractivity contribution >= 4 is 11.6 Å². The summed E-state index contributed by atoms with van der Waals surface area (Å²) in [5.41, 5.74) is 1.48. The molecule has 2 fully saturated rings. The number of alkyl halides is 3. The number of likely N-dealkylation sites (tertiary alicyclic amines) is 1. The number of carbonyl (C=O) groups excluding carboxylic acids is 1. The van der Waals surface area contributed by atoms with Crippen LogP contribution in [0.3, 0.4) is 0 Å². The summed E-state index contributed by atoms with van der Waals surface area (Å²) < 4.78 is 53.6. The third-order valence-electron chi connectivity index (χ3n) is 8.37. The molecule has 0 radical (unpaired) electrons. The number of hydrogen-bond donors (Lipinski definition) is 1. The molecule has 2 saturated heterocycles. The maximum absolute atomic E-state index is 14.4. The fraction of sp³-hybridized carbons (Fsp3) is 0.438. The van der Waals surface area contributed by atoms with Crippen LogP contribution in [0.4, 0.5) is 23.2 Å². The molecule has 0 bridgehead atoms. The highest BCUT2D eigenvalue weighted by Crippen LogP contribution is 2.31. The van der Waals surface area contributed by atoms with Gasteiger partial charge in [0.25, 0.3) is 0 Å². The topological polar surface area (TPSA) is 51.7 Å². The molecule has 2 aliphatic rings. The maximum atomic E-state index is 14.4. The van der Waals surface area contributed by atoms with Gasteiger partial charge in [0.2, 0.25) is 5.91 Å². The van der Waals surface area contributed by atoms with Crippen LogP contribution in [-0.2, 0) is 24.1 Å². The predicted octanol–water partition coefficient (Wildman–Crippen LogP) is 5.35. The minimum Gasteiger partial charge on any atom is -0.367 e. The smallest absolute Gasteiger partial charge is 0.367 e. The van der Waals surface area contributed by atoms with Crippen molar-refractivity contribution in [3.63, 3.8) is 0 Å². The summed E-state index contributed by atoms with van der Waals surface area (Å²) in [6, 6.07) is 16.2. The van der Waals surface area contributed by atoms with Crippen molar-refractivity contribution in [3.05, 3.63) is 95.6 Å². The molecule has 2 aromatic carbocycles. The monoisotopic (exact) mass is 583 g/mol. The quantitative estimate of drug-likeness (QED) is 0.345. The van der Waals surface area contributed by atoms with Gasteiger partial charge in [0, 0.05) is 70.7 Å². The van der Waals surface area contributed by atoms with Crippen molar-refractivity contribution in [2.75, 3.05) is 44.2 Å². The first kappa shape index (κ1) is 30.0. The molecule has 10 heteroatoms. The Hall–Kier alpha value is -3.50. The van der Waals surface area contributed by atoms with E-state index in [1.807, 2.05) is 24.4 Å². The van der Waals surface area contributed by atoms with E-state index in [1.165, 1.54) is 12.1 Å². The number of amides is 1. The molecule has 2 aliphatic heterocycles. The van der Waals surface area contributed by atoms with Gasteiger partial charge in [0.05, 0.1) is 11.3 Å². The number of halogens is 4. The minimum absolute atomic E-state index is 0.0575. The van der Waals surface area contributed by atoms with Gasteiger partial charge >= 0.3 is 6.18 Å². The molecule has 5 rings (SSSR count). The van der Waals surface area contributed by atoms with Crippen LogP contribution in [0.2, 0.25) is 0 Å². The van der Waals surface area contributed by atoms with E-state index in [-0.39, 0.29) is 24.2 Å². The van der Waals surface area contributed by atoms with Crippen molar-refractivity contribution in [1.82, 2.24) is 20.1 Å². The van der Waals surface area contributed by atoms with Crippen molar-refractivity contribution in [2.45, 2.75) is 44.6 Å². The molecular formula is C32H37F4N5O. The van der Waals surface area contributed by atoms with Gasteiger partial charge in [-0.1, -0.05) is 30.3 Å². The van der Waals surface area contributed by atoms with E-state index in [2.05, 4.69) is 31.1 Å². The Balaban J connectivity index is 1.19. The number of anilines is 1. The second-order valence-electron chi connectivity index (χ2n) is 11.2. The molecule has 2 atom stereocenters. The van der Waals surface area contributed by atoms with E-state index in [0.29, 0.717) is 30.1 Å². The van der Waals surface area contributed by atoms with Crippen LogP contribution in [0.25, 0.3) is 0 Å². The summed E-state index contributed by atoms with van der Waals surface area (Å²) in [5, 5.41) is 2.81. The fourth-order valence-electron chi connectivity index (χ4n) is 6.22. The molecule has 0 saturated carbocycles. The third-order valence-corrected chi connectivity index (χ3v) is 8.37. The highest BCUT2D eigenvalue weighted by molar-refractivity contribution is 5.75. The molecule has 6 nitrogen and oxygen atoms in total. The van der Waals surface area contributed by atoms with Gasteiger partial charge in [-0.2, -0.15) is 13.2 Å². The number of aromatic nitrogens is 1. The largest absolute Gasteiger partial charge is 0.416 e. The number of piperazine rings is 1. The van der Waals surface area contributed by atoms with Gasteiger partial charge in [-0.05, 0) is 66.8 Å². The molecule has 224 valence electrons. The van der Waals surface area contributed by atoms with Crippen LogP contribution < -0.4 is 10.2 Å². The van der Waals surface area contributed by atoms with Crippen LogP contribution in [-0.4, -0.2) is 66.0 Å². The van der Waals surface area contributed by atoms with E-state index >= 15 is 0 Å². The molecule has 1 amide bonds. The lowest BCUT2D eigenvalue weighted by Crippen LogP contribution is -2.56. The van der Waals surface area contributed by atoms with E-state index < -0.39 is 11.7 Å². The molecule has 0 unspecified atom stereocenters. The number of para-hydroxylation sites is 1. The van der Waals surface area contributed by atoms with Gasteiger partial charge in [0.1, 0.15) is 5.82 Å². The zero-order valence-corrected chi connectivity index (χ0v) is 23.6. The standard InChI is InChI=1S/C32H37F4N5O/c33-28-8-1-2-9-30(28)41-17-15-40(16-18-41)29-12-14-39(22-25-6-4-13-37-20-25)23-26(29)10-11-31(42)38-21-24-5-3-7-27(19-24)32(34,35)36/h1-9,13,19-20,26,29H,10-12,14-18,21-23H2,(H,38,42)/t26-,29+/m0/s1. The number of hydrogen-bond acceptors (Lipinski definition) is 5. The molecule has 42 heavy (non-hydrogen) atoms. The number of piperidine rings is 1. The number of nitrogens with one attached hydrogen (secondary N) is 1. The van der Waals surface area contributed by atoms with Gasteiger partial charge in [-0.15, -0.1) is 0 Å². The Morgan fingerprint density at radius 1 is 0.952 bits per heavy atom. The first-order chi connectivity index (χ1) is 20.3. The third kappa shape index (κ3) is 7.86. The second kappa shape index (κ2) is 13.6. The normalized spacial score (nSPS) is 20.4. The number of pyridine rings is 1. The Morgan fingerprint density at radius 2 is 1.74 bits per heavy atom. The SMILES string of the molecule is O=C(CC[C@H]1CN(Cc2cccnc2)CC[C@H]1N1CCN(c2ccccc2F)CC1)NCc1cccc(C(F)(F)F)c1. The van der Waals surface area contributed by atoms with Gasteiger partial charge in [-0.25, -0.2) is 4.39 Å². The molecule has 1 aromatic heterocycles. The molecular weight excluding hydrogens is 546 g/mol. The van der Waals surface area contributed by atoms with E-state index in [0.717, 1.165) is 69.9 Å². The minimum atomic E-state index is -4.42. The summed E-state index contributed by atoms with van der Waals surface area (Å²) >= 11 is 0. The zero-order valence-electron chi connectivity index (χ0n) is 23.6. The molecule has 0 spiro atoms. The predicted molar refractivity (Wildman–Crippen MR) is 154 cm³/mol. The number of benzene rings is 2. The molecule has 3 heterocycles. The van der Waals surface area contributed by atoms with Crippen molar-refractivity contribution in [2.24, 2.45) is 5.92 Å². The lowest BCUT2D eigenvalue weighted by molar-refractivity contribution is -0.137. The van der Waals surface area contributed by atoms with Crippen LogP contribution in [0.1, 0.15) is 36.0 Å². The second-order valence-corrected chi connectivity index (χ2v) is 11.2. The van der Waals surface area contributed by atoms with Crippen molar-refractivity contribution in [1.29, 1.82) is 0 Å². The Kier molecular flexibility index (Phi) is 9.74. The van der Waals surface area contributed by atoms with E-state index in [9.17, 15) is 22.4 Å². The van der Waals surface area contributed by atoms with Crippen molar-refractivity contribution < 1.29 is 22.4 Å². The van der Waals surface area contributed by atoms with E-state index in [4.69, 9.17) is 0 Å².